The predicted octanol–water partition coefficient (Wildman–Crippen LogP) is 3.56. The van der Waals surface area contributed by atoms with E-state index < -0.39 is 6.61 Å². The van der Waals surface area contributed by atoms with Gasteiger partial charge in [0.2, 0.25) is 0 Å². The maximum Gasteiger partial charge on any atom is 0.387 e. The molecular formula is C20H25F2N3O3. The summed E-state index contributed by atoms with van der Waals surface area (Å²) in [6, 6.07) is 12.3. The molecule has 0 aromatic heterocycles. The Kier molecular flexibility index (Phi) is 8.33. The van der Waals surface area contributed by atoms with Crippen molar-refractivity contribution < 1.29 is 23.0 Å². The van der Waals surface area contributed by atoms with Gasteiger partial charge in [-0.05, 0) is 30.7 Å². The number of halogens is 2. The highest BCUT2D eigenvalue weighted by Gasteiger charge is 2.10. The minimum Gasteiger partial charge on any atom is -0.493 e. The smallest absolute Gasteiger partial charge is 0.387 e. The Morgan fingerprint density at radius 1 is 1.04 bits per heavy atom. The number of hydrogen-bond donors (Lipinski definition) is 2. The zero-order chi connectivity index (χ0) is 20.4. The first-order chi connectivity index (χ1) is 13.6. The lowest BCUT2D eigenvalue weighted by atomic mass is 10.2. The number of para-hydroxylation sites is 1. The van der Waals surface area contributed by atoms with Gasteiger partial charge in [-0.1, -0.05) is 24.3 Å². The number of benzene rings is 2. The average molecular weight is 393 g/mol. The Labute approximate surface area is 163 Å². The summed E-state index contributed by atoms with van der Waals surface area (Å²) in [5.41, 5.74) is 1.59. The van der Waals surface area contributed by atoms with Crippen LogP contribution in [0, 0.1) is 0 Å². The molecule has 6 nitrogen and oxygen atoms in total. The lowest BCUT2D eigenvalue weighted by Gasteiger charge is -2.15. The minimum atomic E-state index is -2.87. The van der Waals surface area contributed by atoms with Crippen LogP contribution in [0.15, 0.2) is 47.5 Å². The monoisotopic (exact) mass is 393 g/mol. The summed E-state index contributed by atoms with van der Waals surface area (Å²) in [7, 11) is 3.23. The van der Waals surface area contributed by atoms with Crippen LogP contribution >= 0.6 is 0 Å². The molecule has 0 fully saturated rings. The van der Waals surface area contributed by atoms with Crippen LogP contribution in [0.25, 0.3) is 0 Å². The maximum atomic E-state index is 12.5. The molecule has 0 heterocycles. The number of guanidine groups is 1. The lowest BCUT2D eigenvalue weighted by Crippen LogP contribution is -2.36. The van der Waals surface area contributed by atoms with Gasteiger partial charge in [0.05, 0.1) is 13.7 Å². The molecule has 28 heavy (non-hydrogen) atoms. The standard InChI is InChI=1S/C20H25F2N3O3/c1-4-27-18-11-14(9-10-17(18)26-3)12-24-20(23-2)25-13-15-7-5-6-8-16(15)28-19(21)22/h5-11,19H,4,12-13H2,1-3H3,(H2,23,24,25). The molecule has 0 unspecified atom stereocenters. The Bertz CT molecular complexity index is 785. The van der Waals surface area contributed by atoms with Gasteiger partial charge < -0.3 is 24.8 Å². The molecule has 0 aliphatic heterocycles. The first-order valence-corrected chi connectivity index (χ1v) is 8.84. The molecule has 152 valence electrons. The first-order valence-electron chi connectivity index (χ1n) is 8.84. The summed E-state index contributed by atoms with van der Waals surface area (Å²) in [6.07, 6.45) is 0. The molecule has 0 amide bonds. The number of ether oxygens (including phenoxy) is 3. The van der Waals surface area contributed by atoms with Crippen LogP contribution in [-0.2, 0) is 13.1 Å². The van der Waals surface area contributed by atoms with E-state index in [0.717, 1.165) is 5.56 Å². The fraction of sp³-hybridized carbons (Fsp3) is 0.350. The molecule has 0 saturated heterocycles. The summed E-state index contributed by atoms with van der Waals surface area (Å²) < 4.78 is 40.4. The molecule has 2 N–H and O–H groups in total. The van der Waals surface area contributed by atoms with Crippen LogP contribution in [0.5, 0.6) is 17.2 Å². The van der Waals surface area contributed by atoms with E-state index >= 15 is 0 Å². The molecule has 0 radical (unpaired) electrons. The Morgan fingerprint density at radius 2 is 1.79 bits per heavy atom. The third kappa shape index (κ3) is 6.29. The van der Waals surface area contributed by atoms with E-state index in [1.807, 2.05) is 25.1 Å². The number of methoxy groups -OCH3 is 1. The maximum absolute atomic E-state index is 12.5. The normalized spacial score (nSPS) is 11.3. The van der Waals surface area contributed by atoms with Gasteiger partial charge in [0.15, 0.2) is 17.5 Å². The van der Waals surface area contributed by atoms with Gasteiger partial charge in [0.25, 0.3) is 0 Å². The zero-order valence-corrected chi connectivity index (χ0v) is 16.2. The van der Waals surface area contributed by atoms with Crippen molar-refractivity contribution in [1.29, 1.82) is 0 Å². The largest absolute Gasteiger partial charge is 0.493 e. The van der Waals surface area contributed by atoms with E-state index in [1.54, 1.807) is 32.4 Å². The van der Waals surface area contributed by atoms with Crippen LogP contribution in [-0.4, -0.2) is 33.3 Å². The fourth-order valence-electron chi connectivity index (χ4n) is 2.55. The van der Waals surface area contributed by atoms with Crippen LogP contribution in [0.3, 0.4) is 0 Å². The zero-order valence-electron chi connectivity index (χ0n) is 16.2. The molecule has 0 atom stereocenters. The van der Waals surface area contributed by atoms with Gasteiger partial charge in [-0.3, -0.25) is 4.99 Å². The molecule has 2 aromatic carbocycles. The van der Waals surface area contributed by atoms with Crippen molar-refractivity contribution in [2.24, 2.45) is 4.99 Å². The van der Waals surface area contributed by atoms with Crippen molar-refractivity contribution in [1.82, 2.24) is 10.6 Å². The van der Waals surface area contributed by atoms with E-state index in [0.29, 0.717) is 36.2 Å². The molecular weight excluding hydrogens is 368 g/mol. The highest BCUT2D eigenvalue weighted by molar-refractivity contribution is 5.79. The number of alkyl halides is 2. The van der Waals surface area contributed by atoms with Gasteiger partial charge in [0.1, 0.15) is 5.75 Å². The van der Waals surface area contributed by atoms with Gasteiger partial charge in [-0.25, -0.2) is 0 Å². The molecule has 8 heteroatoms. The summed E-state index contributed by atoms with van der Waals surface area (Å²) in [4.78, 5) is 4.15. The summed E-state index contributed by atoms with van der Waals surface area (Å²) in [6.45, 7) is 0.365. The molecule has 0 saturated carbocycles. The van der Waals surface area contributed by atoms with Crippen LogP contribution in [0.4, 0.5) is 8.78 Å². The van der Waals surface area contributed by atoms with Gasteiger partial charge in [-0.2, -0.15) is 8.78 Å². The van der Waals surface area contributed by atoms with E-state index in [-0.39, 0.29) is 12.3 Å². The highest BCUT2D eigenvalue weighted by Crippen LogP contribution is 2.28. The second-order valence-electron chi connectivity index (χ2n) is 5.68. The van der Waals surface area contributed by atoms with Crippen LogP contribution in [0.1, 0.15) is 18.1 Å². The summed E-state index contributed by atoms with van der Waals surface area (Å²) in [5.74, 6) is 2.01. The third-order valence-electron chi connectivity index (χ3n) is 3.85. The van der Waals surface area contributed by atoms with Crippen molar-refractivity contribution >= 4 is 5.96 Å². The summed E-state index contributed by atoms with van der Waals surface area (Å²) >= 11 is 0. The highest BCUT2D eigenvalue weighted by atomic mass is 19.3. The van der Waals surface area contributed by atoms with E-state index in [4.69, 9.17) is 9.47 Å². The molecule has 2 aromatic rings. The Hall–Kier alpha value is -3.03. The number of nitrogens with zero attached hydrogens (tertiary/aromatic N) is 1. The molecule has 0 spiro atoms. The van der Waals surface area contributed by atoms with Gasteiger partial charge >= 0.3 is 6.61 Å². The SMILES string of the molecule is CCOc1cc(CNC(=NC)NCc2ccccc2OC(F)F)ccc1OC. The Morgan fingerprint density at radius 3 is 2.46 bits per heavy atom. The van der Waals surface area contributed by atoms with E-state index in [2.05, 4.69) is 20.4 Å². The van der Waals surface area contributed by atoms with Crippen molar-refractivity contribution in [3.63, 3.8) is 0 Å². The topological polar surface area (TPSA) is 64.1 Å². The Balaban J connectivity index is 1.96. The van der Waals surface area contributed by atoms with Crippen LogP contribution < -0.4 is 24.8 Å². The van der Waals surface area contributed by atoms with Crippen LogP contribution in [0.2, 0.25) is 0 Å². The minimum absolute atomic E-state index is 0.136. The van der Waals surface area contributed by atoms with E-state index in [9.17, 15) is 8.78 Å². The number of nitrogens with one attached hydrogen (secondary N) is 2. The predicted molar refractivity (Wildman–Crippen MR) is 104 cm³/mol. The third-order valence-corrected chi connectivity index (χ3v) is 3.85. The number of hydrogen-bond acceptors (Lipinski definition) is 4. The lowest BCUT2D eigenvalue weighted by molar-refractivity contribution is -0.0504. The van der Waals surface area contributed by atoms with Gasteiger partial charge in [-0.15, -0.1) is 0 Å². The van der Waals surface area contributed by atoms with Crippen molar-refractivity contribution in [3.05, 3.63) is 53.6 Å². The second kappa shape index (κ2) is 11.0. The van der Waals surface area contributed by atoms with Crippen molar-refractivity contribution in [2.75, 3.05) is 20.8 Å². The quantitative estimate of drug-likeness (QED) is 0.504. The average Bonchev–Trinajstić information content (AvgIpc) is 2.69. The molecule has 0 bridgehead atoms. The summed E-state index contributed by atoms with van der Waals surface area (Å²) in [5, 5.41) is 6.27. The molecule has 2 rings (SSSR count). The number of rotatable bonds is 9. The fourth-order valence-corrected chi connectivity index (χ4v) is 2.55. The van der Waals surface area contributed by atoms with Crippen molar-refractivity contribution in [2.45, 2.75) is 26.6 Å². The second-order valence-corrected chi connectivity index (χ2v) is 5.68. The van der Waals surface area contributed by atoms with Crippen molar-refractivity contribution in [3.8, 4) is 17.2 Å². The van der Waals surface area contributed by atoms with E-state index in [1.165, 1.54) is 6.07 Å². The van der Waals surface area contributed by atoms with Gasteiger partial charge in [0, 0.05) is 25.7 Å². The first kappa shape index (κ1) is 21.3. The molecule has 0 aliphatic carbocycles. The molecule has 0 aliphatic rings. The number of aliphatic imine (C=N–C) groups is 1.